The molecule has 4 rings (SSSR count). The monoisotopic (exact) mass is 428 g/mol. The van der Waals surface area contributed by atoms with Crippen molar-refractivity contribution < 1.29 is 4.79 Å². The standard InChI is InChI=1S/C25H24N4OS/c1-17-12-18(2)23(19(3)13-17)22(30)16-31-25-28-27-24(21-10-7-11-26-14-21)29(25)15-20-8-5-4-6-9-20/h4-14H,15-16H2,1-3H3. The van der Waals surface area contributed by atoms with Gasteiger partial charge < -0.3 is 0 Å². The van der Waals surface area contributed by atoms with Crippen LogP contribution in [0, 0.1) is 20.8 Å². The van der Waals surface area contributed by atoms with Gasteiger partial charge in [0.1, 0.15) is 0 Å². The van der Waals surface area contributed by atoms with Crippen molar-refractivity contribution in [3.05, 3.63) is 94.8 Å². The molecule has 156 valence electrons. The van der Waals surface area contributed by atoms with Crippen LogP contribution >= 0.6 is 11.8 Å². The van der Waals surface area contributed by atoms with E-state index in [1.807, 2.05) is 44.2 Å². The Morgan fingerprint density at radius 2 is 1.71 bits per heavy atom. The zero-order valence-corrected chi connectivity index (χ0v) is 18.7. The van der Waals surface area contributed by atoms with E-state index in [9.17, 15) is 4.79 Å². The minimum absolute atomic E-state index is 0.109. The van der Waals surface area contributed by atoms with Crippen molar-refractivity contribution >= 4 is 17.5 Å². The quantitative estimate of drug-likeness (QED) is 0.296. The van der Waals surface area contributed by atoms with Crippen molar-refractivity contribution in [2.45, 2.75) is 32.5 Å². The summed E-state index contributed by atoms with van der Waals surface area (Å²) in [7, 11) is 0. The predicted molar refractivity (Wildman–Crippen MR) is 125 cm³/mol. The lowest BCUT2D eigenvalue weighted by molar-refractivity contribution is 0.102. The Morgan fingerprint density at radius 3 is 2.39 bits per heavy atom. The fourth-order valence-electron chi connectivity index (χ4n) is 3.83. The van der Waals surface area contributed by atoms with Gasteiger partial charge in [0.25, 0.3) is 0 Å². The molecule has 0 atom stereocenters. The number of carbonyl (C=O) groups is 1. The number of ketones is 1. The number of hydrogen-bond donors (Lipinski definition) is 0. The molecule has 0 amide bonds. The minimum Gasteiger partial charge on any atom is -0.297 e. The number of carbonyl (C=O) groups excluding carboxylic acids is 1. The van der Waals surface area contributed by atoms with E-state index in [1.165, 1.54) is 17.3 Å². The van der Waals surface area contributed by atoms with Crippen molar-refractivity contribution in [2.24, 2.45) is 0 Å². The smallest absolute Gasteiger partial charge is 0.192 e. The molecule has 0 unspecified atom stereocenters. The third-order valence-corrected chi connectivity index (χ3v) is 6.08. The summed E-state index contributed by atoms with van der Waals surface area (Å²) < 4.78 is 2.05. The minimum atomic E-state index is 0.109. The first kappa shape index (κ1) is 21.0. The number of Topliss-reactive ketones (excluding diaryl/α,β-unsaturated/α-hetero) is 1. The van der Waals surface area contributed by atoms with Crippen LogP contribution in [-0.2, 0) is 6.54 Å². The van der Waals surface area contributed by atoms with E-state index in [2.05, 4.69) is 50.9 Å². The number of rotatable bonds is 7. The normalized spacial score (nSPS) is 10.9. The van der Waals surface area contributed by atoms with Crippen molar-refractivity contribution in [1.29, 1.82) is 0 Å². The molecular weight excluding hydrogens is 404 g/mol. The van der Waals surface area contributed by atoms with Gasteiger partial charge >= 0.3 is 0 Å². The molecule has 0 bridgehead atoms. The second kappa shape index (κ2) is 9.27. The number of thioether (sulfide) groups is 1. The topological polar surface area (TPSA) is 60.7 Å². The highest BCUT2D eigenvalue weighted by Gasteiger charge is 2.18. The molecule has 2 heterocycles. The van der Waals surface area contributed by atoms with Crippen LogP contribution in [-0.4, -0.2) is 31.3 Å². The first-order chi connectivity index (χ1) is 15.0. The van der Waals surface area contributed by atoms with Crippen molar-refractivity contribution in [2.75, 3.05) is 5.75 Å². The van der Waals surface area contributed by atoms with E-state index in [0.29, 0.717) is 12.3 Å². The Morgan fingerprint density at radius 1 is 0.968 bits per heavy atom. The van der Waals surface area contributed by atoms with Gasteiger partial charge in [-0.3, -0.25) is 14.3 Å². The molecule has 0 fully saturated rings. The van der Waals surface area contributed by atoms with E-state index >= 15 is 0 Å². The van der Waals surface area contributed by atoms with Crippen molar-refractivity contribution in [3.8, 4) is 11.4 Å². The van der Waals surface area contributed by atoms with E-state index in [-0.39, 0.29) is 5.78 Å². The van der Waals surface area contributed by atoms with Crippen LogP contribution in [0.4, 0.5) is 0 Å². The van der Waals surface area contributed by atoms with Gasteiger partial charge in [0.15, 0.2) is 16.8 Å². The zero-order valence-electron chi connectivity index (χ0n) is 17.9. The molecule has 0 saturated heterocycles. The summed E-state index contributed by atoms with van der Waals surface area (Å²) in [6, 6.07) is 18.2. The summed E-state index contributed by atoms with van der Waals surface area (Å²) in [5.74, 6) is 1.16. The SMILES string of the molecule is Cc1cc(C)c(C(=O)CSc2nnc(-c3cccnc3)n2Cc2ccccc2)c(C)c1. The van der Waals surface area contributed by atoms with Crippen LogP contribution in [0.15, 0.2) is 72.1 Å². The molecule has 0 N–H and O–H groups in total. The van der Waals surface area contributed by atoms with Crippen molar-refractivity contribution in [1.82, 2.24) is 19.7 Å². The number of hydrogen-bond acceptors (Lipinski definition) is 5. The maximum absolute atomic E-state index is 13.0. The van der Waals surface area contributed by atoms with Gasteiger partial charge in [0.2, 0.25) is 0 Å². The third kappa shape index (κ3) is 4.75. The van der Waals surface area contributed by atoms with Crippen LogP contribution in [0.3, 0.4) is 0 Å². The first-order valence-electron chi connectivity index (χ1n) is 10.1. The Labute approximate surface area is 186 Å². The Balaban J connectivity index is 1.62. The molecule has 0 aliphatic rings. The fourth-order valence-corrected chi connectivity index (χ4v) is 4.64. The molecule has 0 radical (unpaired) electrons. The fraction of sp³-hybridized carbons (Fsp3) is 0.200. The van der Waals surface area contributed by atoms with E-state index < -0.39 is 0 Å². The van der Waals surface area contributed by atoms with Gasteiger partial charge in [-0.2, -0.15) is 0 Å². The number of pyridine rings is 1. The van der Waals surface area contributed by atoms with Gasteiger partial charge in [-0.15, -0.1) is 10.2 Å². The molecular formula is C25H24N4OS. The Hall–Kier alpha value is -3.25. The molecule has 0 aliphatic heterocycles. The summed E-state index contributed by atoms with van der Waals surface area (Å²) in [6.45, 7) is 6.67. The first-order valence-corrected chi connectivity index (χ1v) is 11.1. The van der Waals surface area contributed by atoms with Crippen LogP contribution < -0.4 is 0 Å². The van der Waals surface area contributed by atoms with Crippen LogP contribution in [0.5, 0.6) is 0 Å². The predicted octanol–water partition coefficient (Wildman–Crippen LogP) is 5.29. The number of aromatic nitrogens is 4. The molecule has 31 heavy (non-hydrogen) atoms. The largest absolute Gasteiger partial charge is 0.297 e. The number of nitrogens with zero attached hydrogens (tertiary/aromatic N) is 4. The highest BCUT2D eigenvalue weighted by molar-refractivity contribution is 7.99. The van der Waals surface area contributed by atoms with Crippen LogP contribution in [0.2, 0.25) is 0 Å². The summed E-state index contributed by atoms with van der Waals surface area (Å²) in [4.78, 5) is 17.2. The summed E-state index contributed by atoms with van der Waals surface area (Å²) in [5, 5.41) is 9.55. The molecule has 5 nitrogen and oxygen atoms in total. The van der Waals surface area contributed by atoms with E-state index in [4.69, 9.17) is 0 Å². The van der Waals surface area contributed by atoms with E-state index in [0.717, 1.165) is 38.8 Å². The number of aryl methyl sites for hydroxylation is 3. The average Bonchev–Trinajstić information content (AvgIpc) is 3.15. The summed E-state index contributed by atoms with van der Waals surface area (Å²) >= 11 is 1.43. The highest BCUT2D eigenvalue weighted by atomic mass is 32.2. The second-order valence-electron chi connectivity index (χ2n) is 7.61. The molecule has 0 spiro atoms. The zero-order chi connectivity index (χ0) is 21.8. The molecule has 6 heteroatoms. The van der Waals surface area contributed by atoms with Gasteiger partial charge in [-0.1, -0.05) is 59.8 Å². The lowest BCUT2D eigenvalue weighted by atomic mass is 9.97. The molecule has 0 saturated carbocycles. The third-order valence-electron chi connectivity index (χ3n) is 5.11. The van der Waals surface area contributed by atoms with Gasteiger partial charge in [-0.25, -0.2) is 0 Å². The summed E-state index contributed by atoms with van der Waals surface area (Å²) in [5.41, 5.74) is 6.05. The van der Waals surface area contributed by atoms with Gasteiger partial charge in [0.05, 0.1) is 12.3 Å². The van der Waals surface area contributed by atoms with E-state index in [1.54, 1.807) is 12.4 Å². The lowest BCUT2D eigenvalue weighted by Crippen LogP contribution is -2.10. The Bertz CT molecular complexity index is 1180. The Kier molecular flexibility index (Phi) is 6.28. The van der Waals surface area contributed by atoms with Crippen LogP contribution in [0.25, 0.3) is 11.4 Å². The average molecular weight is 429 g/mol. The van der Waals surface area contributed by atoms with Crippen LogP contribution in [0.1, 0.15) is 32.6 Å². The second-order valence-corrected chi connectivity index (χ2v) is 8.55. The number of benzene rings is 2. The molecule has 2 aromatic carbocycles. The lowest BCUT2D eigenvalue weighted by Gasteiger charge is -2.12. The van der Waals surface area contributed by atoms with Crippen molar-refractivity contribution in [3.63, 3.8) is 0 Å². The maximum Gasteiger partial charge on any atom is 0.192 e. The van der Waals surface area contributed by atoms with Gasteiger partial charge in [-0.05, 0) is 49.6 Å². The molecule has 2 aromatic heterocycles. The molecule has 4 aromatic rings. The highest BCUT2D eigenvalue weighted by Crippen LogP contribution is 2.26. The van der Waals surface area contributed by atoms with Gasteiger partial charge in [0, 0.05) is 23.5 Å². The molecule has 0 aliphatic carbocycles. The maximum atomic E-state index is 13.0. The summed E-state index contributed by atoms with van der Waals surface area (Å²) in [6.07, 6.45) is 3.52.